The first-order valence-electron chi connectivity index (χ1n) is 6.99. The number of aryl methyl sites for hydroxylation is 2. The quantitative estimate of drug-likeness (QED) is 0.781. The lowest BCUT2D eigenvalue weighted by Gasteiger charge is -2.09. The van der Waals surface area contributed by atoms with Crippen molar-refractivity contribution in [3.8, 4) is 5.69 Å². The molecule has 0 aliphatic heterocycles. The Bertz CT molecular complexity index is 1000. The van der Waals surface area contributed by atoms with Gasteiger partial charge in [0.2, 0.25) is 5.95 Å². The number of hydrogen-bond acceptors (Lipinski definition) is 5. The van der Waals surface area contributed by atoms with Crippen LogP contribution in [-0.4, -0.2) is 28.2 Å². The highest BCUT2D eigenvalue weighted by Gasteiger charge is 2.18. The van der Waals surface area contributed by atoms with Crippen LogP contribution in [0.3, 0.4) is 0 Å². The molecule has 0 saturated carbocycles. The van der Waals surface area contributed by atoms with Crippen LogP contribution in [-0.2, 0) is 10.0 Å². The predicted molar refractivity (Wildman–Crippen MR) is 85.8 cm³/mol. The predicted octanol–water partition coefficient (Wildman–Crippen LogP) is 2.22. The van der Waals surface area contributed by atoms with Gasteiger partial charge in [-0.05, 0) is 43.7 Å². The Morgan fingerprint density at radius 2 is 2.00 bits per heavy atom. The third-order valence-corrected chi connectivity index (χ3v) is 4.53. The Kier molecular flexibility index (Phi) is 4.02. The molecule has 0 fully saturated rings. The van der Waals surface area contributed by atoms with Crippen LogP contribution >= 0.6 is 0 Å². The van der Waals surface area contributed by atoms with Crippen LogP contribution in [0.25, 0.3) is 5.69 Å². The minimum Gasteiger partial charge on any atom is -0.247 e. The van der Waals surface area contributed by atoms with Crippen molar-refractivity contribution in [3.05, 3.63) is 59.9 Å². The number of sulfonamides is 1. The summed E-state index contributed by atoms with van der Waals surface area (Å²) in [5.41, 5.74) is 1.64. The van der Waals surface area contributed by atoms with E-state index in [0.29, 0.717) is 5.69 Å². The average Bonchev–Trinajstić information content (AvgIpc) is 2.93. The fourth-order valence-electron chi connectivity index (χ4n) is 2.06. The molecule has 3 aromatic rings. The lowest BCUT2D eigenvalue weighted by molar-refractivity contribution is 0.590. The van der Waals surface area contributed by atoms with Gasteiger partial charge in [-0.15, -0.1) is 0 Å². The summed E-state index contributed by atoms with van der Waals surface area (Å²) in [5.74, 6) is -0.770. The maximum absolute atomic E-state index is 14.3. The molecule has 0 amide bonds. The molecule has 9 heteroatoms. The second-order valence-electron chi connectivity index (χ2n) is 5.20. The normalized spacial score (nSPS) is 11.5. The molecule has 0 spiro atoms. The monoisotopic (exact) mass is 347 g/mol. The van der Waals surface area contributed by atoms with E-state index in [4.69, 9.17) is 0 Å². The van der Waals surface area contributed by atoms with Crippen molar-refractivity contribution in [2.24, 2.45) is 0 Å². The summed E-state index contributed by atoms with van der Waals surface area (Å²) in [5, 5.41) is 4.01. The van der Waals surface area contributed by atoms with Gasteiger partial charge in [0.15, 0.2) is 0 Å². The van der Waals surface area contributed by atoms with Crippen molar-refractivity contribution in [1.29, 1.82) is 0 Å². The number of rotatable bonds is 4. The highest BCUT2D eigenvalue weighted by molar-refractivity contribution is 7.92. The van der Waals surface area contributed by atoms with Crippen LogP contribution in [0.5, 0.6) is 0 Å². The van der Waals surface area contributed by atoms with Gasteiger partial charge < -0.3 is 0 Å². The zero-order chi connectivity index (χ0) is 17.3. The minimum absolute atomic E-state index is 0.0674. The molecular weight excluding hydrogens is 333 g/mol. The maximum Gasteiger partial charge on any atom is 0.264 e. The summed E-state index contributed by atoms with van der Waals surface area (Å²) < 4.78 is 42.5. The van der Waals surface area contributed by atoms with E-state index >= 15 is 0 Å². The van der Waals surface area contributed by atoms with Crippen LogP contribution in [0.4, 0.5) is 10.3 Å². The molecule has 3 rings (SSSR count). The number of halogens is 1. The Balaban J connectivity index is 1.93. The van der Waals surface area contributed by atoms with Gasteiger partial charge >= 0.3 is 0 Å². The van der Waals surface area contributed by atoms with Crippen molar-refractivity contribution in [3.63, 3.8) is 0 Å². The van der Waals surface area contributed by atoms with Gasteiger partial charge in [-0.25, -0.2) is 32.2 Å². The molecule has 0 radical (unpaired) electrons. The van der Waals surface area contributed by atoms with Gasteiger partial charge in [0.05, 0.1) is 11.1 Å². The van der Waals surface area contributed by atoms with Crippen LogP contribution in [0.15, 0.2) is 47.8 Å². The second kappa shape index (κ2) is 6.00. The number of benzene rings is 1. The van der Waals surface area contributed by atoms with Crippen molar-refractivity contribution >= 4 is 16.0 Å². The Hall–Kier alpha value is -2.81. The average molecular weight is 347 g/mol. The van der Waals surface area contributed by atoms with Crippen LogP contribution in [0.1, 0.15) is 11.3 Å². The van der Waals surface area contributed by atoms with Crippen molar-refractivity contribution in [1.82, 2.24) is 19.7 Å². The molecule has 1 N–H and O–H groups in total. The third-order valence-electron chi connectivity index (χ3n) is 3.21. The highest BCUT2D eigenvalue weighted by atomic mass is 32.2. The SMILES string of the molecule is Cc1cnn(-c2ccc(S(=O)(=O)Nc3nccc(C)n3)cc2F)c1. The van der Waals surface area contributed by atoms with E-state index in [9.17, 15) is 12.8 Å². The zero-order valence-corrected chi connectivity index (χ0v) is 13.7. The molecule has 0 unspecified atom stereocenters. The molecule has 2 heterocycles. The van der Waals surface area contributed by atoms with E-state index in [1.54, 1.807) is 25.4 Å². The van der Waals surface area contributed by atoms with Gasteiger partial charge in [0.25, 0.3) is 10.0 Å². The second-order valence-corrected chi connectivity index (χ2v) is 6.89. The highest BCUT2D eigenvalue weighted by Crippen LogP contribution is 2.20. The largest absolute Gasteiger partial charge is 0.264 e. The molecule has 0 saturated heterocycles. The summed E-state index contributed by atoms with van der Waals surface area (Å²) in [7, 11) is -3.99. The number of anilines is 1. The molecule has 1 aromatic carbocycles. The first-order chi connectivity index (χ1) is 11.3. The van der Waals surface area contributed by atoms with Gasteiger partial charge in [-0.3, -0.25) is 0 Å². The molecular formula is C15H14FN5O2S. The lowest BCUT2D eigenvalue weighted by atomic mass is 10.3. The molecule has 0 aliphatic carbocycles. The van der Waals surface area contributed by atoms with Crippen LogP contribution < -0.4 is 4.72 Å². The lowest BCUT2D eigenvalue weighted by Crippen LogP contribution is -2.15. The Morgan fingerprint density at radius 3 is 2.62 bits per heavy atom. The van der Waals surface area contributed by atoms with Crippen molar-refractivity contribution in [2.45, 2.75) is 18.7 Å². The Morgan fingerprint density at radius 1 is 1.21 bits per heavy atom. The van der Waals surface area contributed by atoms with Gasteiger partial charge in [-0.2, -0.15) is 5.10 Å². The standard InChI is InChI=1S/C15H14FN5O2S/c1-10-8-18-21(9-10)14-4-3-12(7-13(14)16)24(22,23)20-15-17-6-5-11(2)19-15/h3-9H,1-2H3,(H,17,19,20). The minimum atomic E-state index is -3.99. The summed E-state index contributed by atoms with van der Waals surface area (Å²) >= 11 is 0. The summed E-state index contributed by atoms with van der Waals surface area (Å²) in [6, 6.07) is 5.23. The summed E-state index contributed by atoms with van der Waals surface area (Å²) in [6.07, 6.45) is 4.66. The van der Waals surface area contributed by atoms with Gasteiger partial charge in [0, 0.05) is 18.1 Å². The van der Waals surface area contributed by atoms with Crippen LogP contribution in [0, 0.1) is 19.7 Å². The van der Waals surface area contributed by atoms with E-state index in [2.05, 4.69) is 19.8 Å². The fourth-order valence-corrected chi connectivity index (χ4v) is 3.02. The van der Waals surface area contributed by atoms with Gasteiger partial charge in [-0.1, -0.05) is 0 Å². The summed E-state index contributed by atoms with van der Waals surface area (Å²) in [4.78, 5) is 7.57. The van der Waals surface area contributed by atoms with Crippen LogP contribution in [0.2, 0.25) is 0 Å². The van der Waals surface area contributed by atoms with E-state index < -0.39 is 15.8 Å². The fraction of sp³-hybridized carbons (Fsp3) is 0.133. The molecule has 7 nitrogen and oxygen atoms in total. The molecule has 0 atom stereocenters. The van der Waals surface area contributed by atoms with E-state index in [0.717, 1.165) is 11.6 Å². The third kappa shape index (κ3) is 3.25. The van der Waals surface area contributed by atoms with Crippen molar-refractivity contribution < 1.29 is 12.8 Å². The zero-order valence-electron chi connectivity index (χ0n) is 12.9. The van der Waals surface area contributed by atoms with E-state index in [-0.39, 0.29) is 16.5 Å². The first-order valence-corrected chi connectivity index (χ1v) is 8.47. The molecule has 2 aromatic heterocycles. The number of nitrogens with zero attached hydrogens (tertiary/aromatic N) is 4. The number of nitrogens with one attached hydrogen (secondary N) is 1. The molecule has 0 aliphatic rings. The molecule has 24 heavy (non-hydrogen) atoms. The van der Waals surface area contributed by atoms with Crippen molar-refractivity contribution in [2.75, 3.05) is 4.72 Å². The smallest absolute Gasteiger partial charge is 0.247 e. The Labute approximate surface area is 138 Å². The molecule has 0 bridgehead atoms. The maximum atomic E-state index is 14.3. The van der Waals surface area contributed by atoms with E-state index in [1.807, 2.05) is 6.92 Å². The summed E-state index contributed by atoms with van der Waals surface area (Å²) in [6.45, 7) is 3.53. The van der Waals surface area contributed by atoms with E-state index in [1.165, 1.54) is 23.0 Å². The van der Waals surface area contributed by atoms with Gasteiger partial charge in [0.1, 0.15) is 11.5 Å². The molecule has 124 valence electrons. The number of aromatic nitrogens is 4. The number of hydrogen-bond donors (Lipinski definition) is 1. The first kappa shape index (κ1) is 16.1. The topological polar surface area (TPSA) is 89.8 Å².